The van der Waals surface area contributed by atoms with E-state index in [-0.39, 0.29) is 29.6 Å². The Bertz CT molecular complexity index is 888. The first-order valence-corrected chi connectivity index (χ1v) is 8.90. The van der Waals surface area contributed by atoms with Gasteiger partial charge in [0.1, 0.15) is 0 Å². The molecule has 2 amide bonds. The zero-order chi connectivity index (χ0) is 17.3. The summed E-state index contributed by atoms with van der Waals surface area (Å²) in [5.74, 6) is -0.558. The van der Waals surface area contributed by atoms with Crippen LogP contribution in [0.4, 0.5) is 11.4 Å². The maximum absolute atomic E-state index is 12.4. The van der Waals surface area contributed by atoms with Gasteiger partial charge in [-0.05, 0) is 37.3 Å². The molecule has 0 aromatic heterocycles. The van der Waals surface area contributed by atoms with Crippen LogP contribution in [0.25, 0.3) is 0 Å². The molecule has 1 aliphatic rings. The summed E-state index contributed by atoms with van der Waals surface area (Å²) in [7, 11) is -3.74. The van der Waals surface area contributed by atoms with Gasteiger partial charge in [-0.1, -0.05) is 23.8 Å². The monoisotopic (exact) mass is 344 g/mol. The number of carbonyl (C=O) groups is 2. The smallest absolute Gasteiger partial charge is 0.261 e. The van der Waals surface area contributed by atoms with Crippen molar-refractivity contribution in [3.63, 3.8) is 0 Å². The first kappa shape index (κ1) is 16.2. The third-order valence-corrected chi connectivity index (χ3v) is 5.14. The highest BCUT2D eigenvalue weighted by Gasteiger charge is 2.30. The Morgan fingerprint density at radius 3 is 2.21 bits per heavy atom. The fourth-order valence-corrected chi connectivity index (χ4v) is 3.55. The lowest BCUT2D eigenvalue weighted by Crippen LogP contribution is -2.28. The molecule has 124 valence electrons. The first-order valence-electron chi connectivity index (χ1n) is 7.42. The Morgan fingerprint density at radius 2 is 1.58 bits per heavy atom. The molecule has 1 heterocycles. The second-order valence-corrected chi connectivity index (χ2v) is 7.27. The highest BCUT2D eigenvalue weighted by molar-refractivity contribution is 7.92. The van der Waals surface area contributed by atoms with Crippen molar-refractivity contribution in [3.05, 3.63) is 54.1 Å². The van der Waals surface area contributed by atoms with Crippen LogP contribution in [0.1, 0.15) is 18.4 Å². The topological polar surface area (TPSA) is 83.6 Å². The molecule has 1 saturated heterocycles. The number of hydrogen-bond acceptors (Lipinski definition) is 4. The molecular formula is C17H16N2O4S. The molecule has 1 fully saturated rings. The largest absolute Gasteiger partial charge is 0.280 e. The van der Waals surface area contributed by atoms with Gasteiger partial charge < -0.3 is 0 Å². The SMILES string of the molecule is Cc1ccc(S(=O)(=O)Nc2cccc(N3C(=O)CCC3=O)c2)cc1. The van der Waals surface area contributed by atoms with Crippen LogP contribution < -0.4 is 9.62 Å². The lowest BCUT2D eigenvalue weighted by Gasteiger charge is -2.15. The Hall–Kier alpha value is -2.67. The van der Waals surface area contributed by atoms with Gasteiger partial charge >= 0.3 is 0 Å². The molecule has 7 heteroatoms. The second kappa shape index (κ2) is 6.09. The van der Waals surface area contributed by atoms with Gasteiger partial charge in [-0.25, -0.2) is 8.42 Å². The van der Waals surface area contributed by atoms with Gasteiger partial charge in [0.15, 0.2) is 0 Å². The van der Waals surface area contributed by atoms with Crippen molar-refractivity contribution in [2.75, 3.05) is 9.62 Å². The van der Waals surface area contributed by atoms with E-state index < -0.39 is 10.0 Å². The number of benzene rings is 2. The minimum Gasteiger partial charge on any atom is -0.280 e. The Kier molecular flexibility index (Phi) is 4.11. The van der Waals surface area contributed by atoms with Gasteiger partial charge in [0.2, 0.25) is 11.8 Å². The summed E-state index contributed by atoms with van der Waals surface area (Å²) < 4.78 is 27.3. The van der Waals surface area contributed by atoms with Crippen LogP contribution in [0.3, 0.4) is 0 Å². The first-order chi connectivity index (χ1) is 11.4. The van der Waals surface area contributed by atoms with E-state index >= 15 is 0 Å². The predicted molar refractivity (Wildman–Crippen MR) is 90.2 cm³/mol. The van der Waals surface area contributed by atoms with Gasteiger partial charge in [0, 0.05) is 12.8 Å². The number of amides is 2. The van der Waals surface area contributed by atoms with Crippen molar-refractivity contribution in [1.29, 1.82) is 0 Å². The molecule has 0 spiro atoms. The normalized spacial score (nSPS) is 15.0. The van der Waals surface area contributed by atoms with E-state index in [2.05, 4.69) is 4.72 Å². The Balaban J connectivity index is 1.88. The standard InChI is InChI=1S/C17H16N2O4S/c1-12-5-7-15(8-6-12)24(22,23)18-13-3-2-4-14(11-13)19-16(20)9-10-17(19)21/h2-8,11,18H,9-10H2,1H3. The molecule has 0 saturated carbocycles. The van der Waals surface area contributed by atoms with Crippen molar-refractivity contribution in [2.24, 2.45) is 0 Å². The number of hydrogen-bond donors (Lipinski definition) is 1. The number of nitrogens with zero attached hydrogens (tertiary/aromatic N) is 1. The molecule has 2 aromatic rings. The van der Waals surface area contributed by atoms with Crippen LogP contribution >= 0.6 is 0 Å². The van der Waals surface area contributed by atoms with Gasteiger partial charge in [0.25, 0.3) is 10.0 Å². The molecule has 0 bridgehead atoms. The summed E-state index contributed by atoms with van der Waals surface area (Å²) in [6, 6.07) is 12.7. The van der Waals surface area contributed by atoms with Gasteiger partial charge in [-0.15, -0.1) is 0 Å². The molecule has 0 atom stereocenters. The van der Waals surface area contributed by atoms with Gasteiger partial charge in [-0.3, -0.25) is 19.2 Å². The molecule has 3 rings (SSSR count). The van der Waals surface area contributed by atoms with Gasteiger partial charge in [0.05, 0.1) is 16.3 Å². The number of anilines is 2. The summed E-state index contributed by atoms with van der Waals surface area (Å²) in [5.41, 5.74) is 1.62. The lowest BCUT2D eigenvalue weighted by molar-refractivity contribution is -0.121. The van der Waals surface area contributed by atoms with Crippen molar-refractivity contribution < 1.29 is 18.0 Å². The Labute approximate surface area is 140 Å². The minimum absolute atomic E-state index is 0.145. The summed E-state index contributed by atoms with van der Waals surface area (Å²) in [4.78, 5) is 24.8. The zero-order valence-electron chi connectivity index (χ0n) is 13.0. The molecule has 0 unspecified atom stereocenters. The minimum atomic E-state index is -3.74. The number of nitrogens with one attached hydrogen (secondary N) is 1. The van der Waals surface area contributed by atoms with Crippen molar-refractivity contribution >= 4 is 33.2 Å². The van der Waals surface area contributed by atoms with E-state index in [0.29, 0.717) is 11.4 Å². The fraction of sp³-hybridized carbons (Fsp3) is 0.176. The number of rotatable bonds is 4. The van der Waals surface area contributed by atoms with Crippen molar-refractivity contribution in [3.8, 4) is 0 Å². The molecular weight excluding hydrogens is 328 g/mol. The van der Waals surface area contributed by atoms with Gasteiger partial charge in [-0.2, -0.15) is 0 Å². The van der Waals surface area contributed by atoms with E-state index in [0.717, 1.165) is 10.5 Å². The third-order valence-electron chi connectivity index (χ3n) is 3.74. The summed E-state index contributed by atoms with van der Waals surface area (Å²) >= 11 is 0. The number of imide groups is 1. The van der Waals surface area contributed by atoms with E-state index in [4.69, 9.17) is 0 Å². The quantitative estimate of drug-likeness (QED) is 0.864. The van der Waals surface area contributed by atoms with Crippen LogP contribution in [0.15, 0.2) is 53.4 Å². The number of aryl methyl sites for hydroxylation is 1. The second-order valence-electron chi connectivity index (χ2n) is 5.59. The average Bonchev–Trinajstić information content (AvgIpc) is 2.86. The zero-order valence-corrected chi connectivity index (χ0v) is 13.8. The third kappa shape index (κ3) is 3.16. The lowest BCUT2D eigenvalue weighted by atomic mass is 10.2. The van der Waals surface area contributed by atoms with Crippen LogP contribution in [-0.2, 0) is 19.6 Å². The van der Waals surface area contributed by atoms with Crippen LogP contribution in [0.5, 0.6) is 0 Å². The average molecular weight is 344 g/mol. The maximum atomic E-state index is 12.4. The van der Waals surface area contributed by atoms with Crippen molar-refractivity contribution in [2.45, 2.75) is 24.7 Å². The molecule has 0 radical (unpaired) electrons. The van der Waals surface area contributed by atoms with E-state index in [1.165, 1.54) is 18.2 Å². The summed E-state index contributed by atoms with van der Waals surface area (Å²) in [5, 5.41) is 0. The highest BCUT2D eigenvalue weighted by atomic mass is 32.2. The van der Waals surface area contributed by atoms with E-state index in [1.54, 1.807) is 30.3 Å². The molecule has 0 aliphatic carbocycles. The molecule has 1 N–H and O–H groups in total. The number of carbonyl (C=O) groups excluding carboxylic acids is 2. The van der Waals surface area contributed by atoms with Crippen LogP contribution in [0.2, 0.25) is 0 Å². The van der Waals surface area contributed by atoms with Crippen LogP contribution in [0, 0.1) is 6.92 Å². The van der Waals surface area contributed by atoms with E-state index in [1.807, 2.05) is 6.92 Å². The molecule has 1 aliphatic heterocycles. The molecule has 6 nitrogen and oxygen atoms in total. The molecule has 2 aromatic carbocycles. The predicted octanol–water partition coefficient (Wildman–Crippen LogP) is 2.45. The summed E-state index contributed by atoms with van der Waals surface area (Å²) in [6.07, 6.45) is 0.357. The summed E-state index contributed by atoms with van der Waals surface area (Å²) in [6.45, 7) is 1.87. The molecule has 24 heavy (non-hydrogen) atoms. The van der Waals surface area contributed by atoms with Crippen molar-refractivity contribution in [1.82, 2.24) is 0 Å². The number of sulfonamides is 1. The van der Waals surface area contributed by atoms with E-state index in [9.17, 15) is 18.0 Å². The maximum Gasteiger partial charge on any atom is 0.261 e. The highest BCUT2D eigenvalue weighted by Crippen LogP contribution is 2.26. The van der Waals surface area contributed by atoms with Crippen LogP contribution in [-0.4, -0.2) is 20.2 Å². The fourth-order valence-electron chi connectivity index (χ4n) is 2.50. The Morgan fingerprint density at radius 1 is 0.958 bits per heavy atom.